The molecule has 0 heterocycles. The molecule has 262 valence electrons. The van der Waals surface area contributed by atoms with Crippen LogP contribution in [-0.4, -0.2) is 65.1 Å². The summed E-state index contributed by atoms with van der Waals surface area (Å²) in [5, 5.41) is 11.5. The Morgan fingerprint density at radius 1 is 0.833 bits per heavy atom. The number of nitrogens with zero attached hydrogens (tertiary/aromatic N) is 1. The second kappa shape index (κ2) is 20.9. The SMILES string of the molecule is CC(CNCC(=O)NCC1CC1)NC(=O)c1cc(C(=O)NCc2ccccc2)cc(N(C)S(C)(=O)=O)c1.CCC.CCc1ccccc1. The standard InChI is InChI=1S/C26H35N5O5S.C8H10.C3H8/c1-18(14-27-17-24(32)28-15-20-9-10-20)30-26(34)22-11-21(12-23(13-22)31(2)37(3,35)36)25(33)29-16-19-7-5-4-6-8-19;1-2-8-6-4-3-5-7-8;1-3-2/h4-8,11-13,18,20,27H,9-10,14-17H2,1-3H3,(H,28,32)(H,29,33)(H,30,34);3-7H,2H2,1H3;3H2,1-2H3. The van der Waals surface area contributed by atoms with E-state index in [2.05, 4.69) is 66.3 Å². The third-order valence-corrected chi connectivity index (χ3v) is 8.45. The fourth-order valence-corrected chi connectivity index (χ4v) is 4.73. The van der Waals surface area contributed by atoms with E-state index in [1.54, 1.807) is 6.92 Å². The number of carbonyl (C=O) groups excluding carboxylic acids is 3. The van der Waals surface area contributed by atoms with Gasteiger partial charge < -0.3 is 21.3 Å². The number of hydrogen-bond donors (Lipinski definition) is 4. The largest absolute Gasteiger partial charge is 0.355 e. The maximum atomic E-state index is 13.0. The topological polar surface area (TPSA) is 137 Å². The van der Waals surface area contributed by atoms with Crippen molar-refractivity contribution in [1.82, 2.24) is 21.3 Å². The molecule has 1 unspecified atom stereocenters. The first-order valence-corrected chi connectivity index (χ1v) is 18.5. The molecule has 1 fully saturated rings. The van der Waals surface area contributed by atoms with E-state index < -0.39 is 21.8 Å². The van der Waals surface area contributed by atoms with Gasteiger partial charge in [0.2, 0.25) is 15.9 Å². The van der Waals surface area contributed by atoms with Crippen LogP contribution in [0.4, 0.5) is 5.69 Å². The molecule has 1 aliphatic rings. The second-order valence-corrected chi connectivity index (χ2v) is 14.0. The summed E-state index contributed by atoms with van der Waals surface area (Å²) in [5.74, 6) is -0.389. The Labute approximate surface area is 287 Å². The zero-order valence-corrected chi connectivity index (χ0v) is 30.0. The lowest BCUT2D eigenvalue weighted by Crippen LogP contribution is -2.43. The van der Waals surface area contributed by atoms with Gasteiger partial charge in [-0.15, -0.1) is 0 Å². The van der Waals surface area contributed by atoms with Gasteiger partial charge in [0.15, 0.2) is 0 Å². The van der Waals surface area contributed by atoms with Crippen LogP contribution in [0.2, 0.25) is 0 Å². The molecular formula is C37H53N5O5S. The lowest BCUT2D eigenvalue weighted by Gasteiger charge is -2.20. The van der Waals surface area contributed by atoms with Gasteiger partial charge in [-0.2, -0.15) is 0 Å². The van der Waals surface area contributed by atoms with E-state index >= 15 is 0 Å². The first-order valence-electron chi connectivity index (χ1n) is 16.6. The molecule has 1 aliphatic carbocycles. The summed E-state index contributed by atoms with van der Waals surface area (Å²) < 4.78 is 25.3. The van der Waals surface area contributed by atoms with E-state index in [9.17, 15) is 22.8 Å². The smallest absolute Gasteiger partial charge is 0.251 e. The fourth-order valence-electron chi connectivity index (χ4n) is 4.24. The van der Waals surface area contributed by atoms with E-state index in [-0.39, 0.29) is 41.9 Å². The first kappa shape index (κ1) is 40.0. The van der Waals surface area contributed by atoms with Gasteiger partial charge in [0.25, 0.3) is 11.8 Å². The zero-order chi connectivity index (χ0) is 35.5. The highest BCUT2D eigenvalue weighted by molar-refractivity contribution is 7.92. The van der Waals surface area contributed by atoms with Crippen molar-refractivity contribution in [3.63, 3.8) is 0 Å². The number of carbonyl (C=O) groups is 3. The number of aryl methyl sites for hydroxylation is 1. The molecule has 4 rings (SSSR count). The summed E-state index contributed by atoms with van der Waals surface area (Å²) in [4.78, 5) is 37.8. The lowest BCUT2D eigenvalue weighted by molar-refractivity contribution is -0.120. The molecule has 4 N–H and O–H groups in total. The van der Waals surface area contributed by atoms with Crippen LogP contribution in [-0.2, 0) is 27.8 Å². The Balaban J connectivity index is 0.000000619. The molecule has 0 aromatic heterocycles. The van der Waals surface area contributed by atoms with Gasteiger partial charge in [0.05, 0.1) is 18.5 Å². The van der Waals surface area contributed by atoms with Crippen molar-refractivity contribution in [2.45, 2.75) is 66.0 Å². The summed E-state index contributed by atoms with van der Waals surface area (Å²) in [5.41, 5.74) is 2.81. The molecule has 0 aliphatic heterocycles. The predicted octanol–water partition coefficient (Wildman–Crippen LogP) is 4.91. The third-order valence-electron chi connectivity index (χ3n) is 7.25. The average Bonchev–Trinajstić information content (AvgIpc) is 3.91. The average molecular weight is 680 g/mol. The Morgan fingerprint density at radius 3 is 1.88 bits per heavy atom. The van der Waals surface area contributed by atoms with Gasteiger partial charge in [-0.3, -0.25) is 18.7 Å². The number of rotatable bonds is 14. The molecule has 10 nitrogen and oxygen atoms in total. The van der Waals surface area contributed by atoms with Crippen molar-refractivity contribution in [3.8, 4) is 0 Å². The fraction of sp³-hybridized carbons (Fsp3) is 0.432. The number of nitrogens with one attached hydrogen (secondary N) is 4. The second-order valence-electron chi connectivity index (χ2n) is 12.0. The Bertz CT molecular complexity index is 1530. The highest BCUT2D eigenvalue weighted by Crippen LogP contribution is 2.27. The molecule has 0 saturated heterocycles. The molecule has 1 saturated carbocycles. The van der Waals surface area contributed by atoms with Gasteiger partial charge in [-0.25, -0.2) is 8.42 Å². The number of anilines is 1. The van der Waals surface area contributed by atoms with Crippen molar-refractivity contribution in [1.29, 1.82) is 0 Å². The van der Waals surface area contributed by atoms with Crippen molar-refractivity contribution in [2.24, 2.45) is 5.92 Å². The van der Waals surface area contributed by atoms with E-state index in [1.165, 1.54) is 37.2 Å². The van der Waals surface area contributed by atoms with Crippen LogP contribution in [0.3, 0.4) is 0 Å². The normalized spacial score (nSPS) is 12.6. The highest BCUT2D eigenvalue weighted by Gasteiger charge is 2.22. The van der Waals surface area contributed by atoms with Crippen LogP contribution in [0.15, 0.2) is 78.9 Å². The Morgan fingerprint density at radius 2 is 1.38 bits per heavy atom. The minimum absolute atomic E-state index is 0.0897. The van der Waals surface area contributed by atoms with Crippen LogP contribution in [0.25, 0.3) is 0 Å². The molecule has 3 aromatic rings. The highest BCUT2D eigenvalue weighted by atomic mass is 32.2. The Hall–Kier alpha value is -4.22. The minimum Gasteiger partial charge on any atom is -0.355 e. The van der Waals surface area contributed by atoms with Crippen molar-refractivity contribution in [2.75, 3.05) is 37.2 Å². The summed E-state index contributed by atoms with van der Waals surface area (Å²) in [6.45, 7) is 9.68. The summed E-state index contributed by atoms with van der Waals surface area (Å²) in [6.07, 6.45) is 5.76. The van der Waals surface area contributed by atoms with Crippen LogP contribution < -0.4 is 25.6 Å². The summed E-state index contributed by atoms with van der Waals surface area (Å²) >= 11 is 0. The van der Waals surface area contributed by atoms with E-state index in [1.807, 2.05) is 36.4 Å². The molecule has 11 heteroatoms. The predicted molar refractivity (Wildman–Crippen MR) is 195 cm³/mol. The number of amides is 3. The number of sulfonamides is 1. The van der Waals surface area contributed by atoms with Gasteiger partial charge >= 0.3 is 0 Å². The zero-order valence-electron chi connectivity index (χ0n) is 29.2. The first-order chi connectivity index (χ1) is 22.9. The molecular weight excluding hydrogens is 627 g/mol. The lowest BCUT2D eigenvalue weighted by atomic mass is 10.1. The molecule has 3 aromatic carbocycles. The molecule has 3 amide bonds. The van der Waals surface area contributed by atoms with Crippen LogP contribution in [0.5, 0.6) is 0 Å². The van der Waals surface area contributed by atoms with E-state index in [0.717, 1.165) is 35.4 Å². The van der Waals surface area contributed by atoms with Crippen molar-refractivity contribution >= 4 is 33.4 Å². The number of benzene rings is 3. The number of hydrogen-bond acceptors (Lipinski definition) is 6. The van der Waals surface area contributed by atoms with Gasteiger partial charge in [-0.1, -0.05) is 87.9 Å². The van der Waals surface area contributed by atoms with Crippen LogP contribution in [0.1, 0.15) is 78.8 Å². The van der Waals surface area contributed by atoms with Gasteiger partial charge in [0.1, 0.15) is 0 Å². The van der Waals surface area contributed by atoms with E-state index in [0.29, 0.717) is 19.0 Å². The summed E-state index contributed by atoms with van der Waals surface area (Å²) in [7, 11) is -2.26. The van der Waals surface area contributed by atoms with Crippen molar-refractivity contribution < 1.29 is 22.8 Å². The molecule has 0 bridgehead atoms. The maximum absolute atomic E-state index is 13.0. The van der Waals surface area contributed by atoms with Gasteiger partial charge in [-0.05, 0) is 61.4 Å². The van der Waals surface area contributed by atoms with E-state index in [4.69, 9.17) is 0 Å². The molecule has 1 atom stereocenters. The third kappa shape index (κ3) is 15.6. The van der Waals surface area contributed by atoms with Crippen LogP contribution in [0, 0.1) is 5.92 Å². The van der Waals surface area contributed by atoms with Gasteiger partial charge in [0, 0.05) is 43.9 Å². The van der Waals surface area contributed by atoms with Crippen LogP contribution >= 0.6 is 0 Å². The minimum atomic E-state index is -3.62. The van der Waals surface area contributed by atoms with Crippen molar-refractivity contribution in [3.05, 3.63) is 101 Å². The summed E-state index contributed by atoms with van der Waals surface area (Å²) in [6, 6.07) is 23.8. The molecule has 0 spiro atoms. The monoisotopic (exact) mass is 679 g/mol. The maximum Gasteiger partial charge on any atom is 0.251 e. The molecule has 48 heavy (non-hydrogen) atoms. The molecule has 0 radical (unpaired) electrons. The Kier molecular flexibility index (Phi) is 17.4. The quantitative estimate of drug-likeness (QED) is 0.191.